The number of hydrogen-bond acceptors (Lipinski definition) is 8. The normalized spacial score (nSPS) is 15.3. The number of carboxylic acid groups (broad SMARTS) is 1. The molecule has 0 spiro atoms. The number of anilines is 1. The van der Waals surface area contributed by atoms with E-state index in [0.717, 1.165) is 54.1 Å². The van der Waals surface area contributed by atoms with Gasteiger partial charge in [-0.05, 0) is 101 Å². The molecule has 12 heteroatoms. The van der Waals surface area contributed by atoms with Gasteiger partial charge < -0.3 is 19.8 Å². The Morgan fingerprint density at radius 2 is 1.71 bits per heavy atom. The Bertz CT molecular complexity index is 1990. The number of carboxylic acids is 1. The van der Waals surface area contributed by atoms with Gasteiger partial charge >= 0.3 is 12.1 Å². The van der Waals surface area contributed by atoms with Crippen LogP contribution in [0.5, 0.6) is 0 Å². The maximum absolute atomic E-state index is 13.4. The summed E-state index contributed by atoms with van der Waals surface area (Å²) in [6, 6.07) is 15.3. The Balaban J connectivity index is 0.000000874. The smallest absolute Gasteiger partial charge is 0.410 e. The molecule has 0 radical (unpaired) electrons. The second-order valence-corrected chi connectivity index (χ2v) is 15.8. The number of benzene rings is 3. The summed E-state index contributed by atoms with van der Waals surface area (Å²) in [7, 11) is 1.91. The number of aromatic nitrogens is 3. The summed E-state index contributed by atoms with van der Waals surface area (Å²) in [5, 5.41) is 25.1. The van der Waals surface area contributed by atoms with Crippen LogP contribution in [0.25, 0.3) is 32.2 Å². The van der Waals surface area contributed by atoms with Crippen LogP contribution in [-0.4, -0.2) is 72.8 Å². The third kappa shape index (κ3) is 8.70. The van der Waals surface area contributed by atoms with Crippen LogP contribution in [0.3, 0.4) is 0 Å². The van der Waals surface area contributed by atoms with E-state index in [9.17, 15) is 14.7 Å². The molecule has 2 N–H and O–H groups in total. The number of aliphatic carboxylic acids is 1. The van der Waals surface area contributed by atoms with Crippen LogP contribution in [0.15, 0.2) is 54.7 Å². The molecule has 1 atom stereocenters. The van der Waals surface area contributed by atoms with E-state index in [-0.39, 0.29) is 18.6 Å². The predicted molar refractivity (Wildman–Crippen MR) is 197 cm³/mol. The molecule has 260 valence electrons. The van der Waals surface area contributed by atoms with Gasteiger partial charge in [0, 0.05) is 42.7 Å². The van der Waals surface area contributed by atoms with E-state index in [1.165, 1.54) is 0 Å². The number of hydrogen-bond donors (Lipinski definition) is 2. The fraction of sp³-hybridized carbons (Fsp3) is 0.405. The number of carbonyl (C=O) groups is 2. The predicted octanol–water partition coefficient (Wildman–Crippen LogP) is 8.01. The standard InChI is InChI=1S/C33H34ClN5O4S.C4H10O/c1-19-14-25-30(29(24(19)16-28(40)41)20-6-9-23(34)10-7-20)44-31(36-25)38-12-13-39(32(42)43-33(2,3)4)27(18-38)21-8-11-26-22(15-21)17-35-37(26)5;1-4(2,3)5/h6-11,14-15,17,27H,12-13,16,18H2,1-5H3,(H,40,41);5H,1-3H3. The summed E-state index contributed by atoms with van der Waals surface area (Å²) in [4.78, 5) is 34.4. The lowest BCUT2D eigenvalue weighted by Crippen LogP contribution is -2.52. The van der Waals surface area contributed by atoms with Gasteiger partial charge in [0.15, 0.2) is 5.13 Å². The molecule has 49 heavy (non-hydrogen) atoms. The lowest BCUT2D eigenvalue weighted by atomic mass is 9.93. The Morgan fingerprint density at radius 3 is 2.35 bits per heavy atom. The van der Waals surface area contributed by atoms with Gasteiger partial charge in [0.05, 0.1) is 40.0 Å². The highest BCUT2D eigenvalue weighted by molar-refractivity contribution is 7.22. The number of rotatable bonds is 5. The largest absolute Gasteiger partial charge is 0.481 e. The average Bonchev–Trinajstić information content (AvgIpc) is 3.59. The van der Waals surface area contributed by atoms with Gasteiger partial charge in [-0.25, -0.2) is 9.78 Å². The first-order chi connectivity index (χ1) is 22.9. The highest BCUT2D eigenvalue weighted by Gasteiger charge is 2.36. The number of piperazine rings is 1. The fourth-order valence-corrected chi connectivity index (χ4v) is 7.13. The monoisotopic (exact) mass is 705 g/mol. The summed E-state index contributed by atoms with van der Waals surface area (Å²) in [6.45, 7) is 14.3. The lowest BCUT2D eigenvalue weighted by Gasteiger charge is -2.41. The first kappa shape index (κ1) is 36.1. The van der Waals surface area contributed by atoms with E-state index in [4.69, 9.17) is 26.4 Å². The van der Waals surface area contributed by atoms with Crippen molar-refractivity contribution in [3.8, 4) is 11.1 Å². The Hall–Kier alpha value is -4.19. The maximum atomic E-state index is 13.4. The molecule has 3 heterocycles. The minimum atomic E-state index is -0.890. The summed E-state index contributed by atoms with van der Waals surface area (Å²) in [5.74, 6) is -0.890. The molecule has 1 aliphatic heterocycles. The second-order valence-electron chi connectivity index (χ2n) is 14.4. The van der Waals surface area contributed by atoms with Crippen molar-refractivity contribution in [2.24, 2.45) is 7.05 Å². The number of nitrogens with zero attached hydrogens (tertiary/aromatic N) is 5. The van der Waals surface area contributed by atoms with E-state index in [2.05, 4.69) is 16.1 Å². The van der Waals surface area contributed by atoms with Gasteiger partial charge in [-0.1, -0.05) is 41.1 Å². The lowest BCUT2D eigenvalue weighted by molar-refractivity contribution is -0.136. The first-order valence-electron chi connectivity index (χ1n) is 16.2. The maximum Gasteiger partial charge on any atom is 0.410 e. The summed E-state index contributed by atoms with van der Waals surface area (Å²) in [6.07, 6.45) is 1.39. The van der Waals surface area contributed by atoms with Gasteiger partial charge in [0.1, 0.15) is 5.60 Å². The molecule has 1 aliphatic rings. The summed E-state index contributed by atoms with van der Waals surface area (Å²) in [5.41, 5.74) is 5.09. The molecule has 0 aliphatic carbocycles. The van der Waals surface area contributed by atoms with E-state index >= 15 is 0 Å². The summed E-state index contributed by atoms with van der Waals surface area (Å²) < 4.78 is 8.58. The number of aryl methyl sites for hydroxylation is 2. The van der Waals surface area contributed by atoms with Crippen molar-refractivity contribution < 1.29 is 24.5 Å². The van der Waals surface area contributed by atoms with Crippen LogP contribution >= 0.6 is 22.9 Å². The molecule has 1 saturated heterocycles. The van der Waals surface area contributed by atoms with Crippen molar-refractivity contribution >= 4 is 61.3 Å². The summed E-state index contributed by atoms with van der Waals surface area (Å²) >= 11 is 7.74. The number of amides is 1. The average molecular weight is 706 g/mol. The van der Waals surface area contributed by atoms with Crippen molar-refractivity contribution in [1.82, 2.24) is 19.7 Å². The molecular formula is C37H44ClN5O5S. The zero-order chi connectivity index (χ0) is 35.8. The van der Waals surface area contributed by atoms with Crippen molar-refractivity contribution in [2.75, 3.05) is 24.5 Å². The van der Waals surface area contributed by atoms with E-state index in [0.29, 0.717) is 24.7 Å². The molecule has 1 unspecified atom stereocenters. The van der Waals surface area contributed by atoms with Crippen molar-refractivity contribution in [3.63, 3.8) is 0 Å². The van der Waals surface area contributed by atoms with E-state index in [1.807, 2.05) is 88.1 Å². The number of halogens is 1. The van der Waals surface area contributed by atoms with Crippen molar-refractivity contribution in [3.05, 3.63) is 76.4 Å². The second kappa shape index (κ2) is 14.0. The van der Waals surface area contributed by atoms with Crippen LogP contribution in [0.4, 0.5) is 9.93 Å². The molecule has 0 saturated carbocycles. The molecule has 0 bridgehead atoms. The highest BCUT2D eigenvalue weighted by atomic mass is 35.5. The van der Waals surface area contributed by atoms with Gasteiger partial charge in [-0.3, -0.25) is 14.4 Å². The van der Waals surface area contributed by atoms with E-state index in [1.54, 1.807) is 37.0 Å². The Labute approximate surface area is 295 Å². The third-order valence-electron chi connectivity index (χ3n) is 7.89. The molecule has 3 aromatic carbocycles. The van der Waals surface area contributed by atoms with Crippen LogP contribution < -0.4 is 4.90 Å². The zero-order valence-electron chi connectivity index (χ0n) is 29.2. The minimum Gasteiger partial charge on any atom is -0.481 e. The van der Waals surface area contributed by atoms with Crippen molar-refractivity contribution in [1.29, 1.82) is 0 Å². The molecular weight excluding hydrogens is 662 g/mol. The van der Waals surface area contributed by atoms with Crippen LogP contribution in [-0.2, 0) is 23.0 Å². The molecule has 1 amide bonds. The zero-order valence-corrected chi connectivity index (χ0v) is 30.8. The minimum absolute atomic E-state index is 0.0968. The van der Waals surface area contributed by atoms with Crippen LogP contribution in [0.1, 0.15) is 64.3 Å². The SMILES string of the molecule is CC(C)(C)O.Cc1cc2nc(N3CCN(C(=O)OC(C)(C)C)C(c4ccc5c(cnn5C)c4)C3)sc2c(-c2ccc(Cl)cc2)c1CC(=O)O. The first-order valence-corrected chi connectivity index (χ1v) is 17.4. The topological polar surface area (TPSA) is 121 Å². The van der Waals surface area contributed by atoms with E-state index < -0.39 is 17.2 Å². The highest BCUT2D eigenvalue weighted by Crippen LogP contribution is 2.42. The Kier molecular flexibility index (Phi) is 10.3. The molecule has 10 nitrogen and oxygen atoms in total. The molecule has 6 rings (SSSR count). The van der Waals surface area contributed by atoms with Gasteiger partial charge in [0.25, 0.3) is 0 Å². The van der Waals surface area contributed by atoms with Crippen LogP contribution in [0, 0.1) is 6.92 Å². The van der Waals surface area contributed by atoms with Gasteiger partial charge in [0.2, 0.25) is 0 Å². The quantitative estimate of drug-likeness (QED) is 0.189. The number of fused-ring (bicyclic) bond motifs is 2. The number of aliphatic hydroxyl groups is 1. The number of ether oxygens (including phenoxy) is 1. The molecule has 5 aromatic rings. The third-order valence-corrected chi connectivity index (χ3v) is 9.30. The Morgan fingerprint density at radius 1 is 1.04 bits per heavy atom. The van der Waals surface area contributed by atoms with Gasteiger partial charge in [-0.2, -0.15) is 5.10 Å². The van der Waals surface area contributed by atoms with Gasteiger partial charge in [-0.15, -0.1) is 0 Å². The number of carbonyl (C=O) groups excluding carboxylic acids is 1. The fourth-order valence-electron chi connectivity index (χ4n) is 5.83. The molecule has 2 aromatic heterocycles. The van der Waals surface area contributed by atoms with Crippen molar-refractivity contribution in [2.45, 2.75) is 72.1 Å². The van der Waals surface area contributed by atoms with Crippen LogP contribution in [0.2, 0.25) is 5.02 Å². The molecule has 1 fully saturated rings. The number of thiazole rings is 1.